The van der Waals surface area contributed by atoms with Gasteiger partial charge in [0.2, 0.25) is 0 Å². The molecule has 0 aromatic heterocycles. The highest BCUT2D eigenvalue weighted by molar-refractivity contribution is 5.54. The van der Waals surface area contributed by atoms with Crippen molar-refractivity contribution in [3.8, 4) is 0 Å². The average molecular weight is 196 g/mol. The molecule has 0 heterocycles. The van der Waals surface area contributed by atoms with Gasteiger partial charge in [0.05, 0.1) is 5.69 Å². The normalized spacial score (nSPS) is 10.7. The second-order valence-corrected chi connectivity index (χ2v) is 3.66. The van der Waals surface area contributed by atoms with Crippen molar-refractivity contribution in [2.75, 3.05) is 11.9 Å². The van der Waals surface area contributed by atoms with Gasteiger partial charge in [-0.05, 0) is 25.5 Å². The van der Waals surface area contributed by atoms with Gasteiger partial charge in [-0.3, -0.25) is 0 Å². The molecular formula is C11H17FN2. The summed E-state index contributed by atoms with van der Waals surface area (Å²) >= 11 is 0. The zero-order chi connectivity index (χ0) is 10.7. The summed E-state index contributed by atoms with van der Waals surface area (Å²) < 4.78 is 13.6. The molecular weight excluding hydrogens is 179 g/mol. The van der Waals surface area contributed by atoms with Gasteiger partial charge in [-0.15, -0.1) is 0 Å². The standard InChI is InChI=1S/C11H17FN2/c1-8(2)14(3)11-9(7-13)5-4-6-10(11)12/h4-6,8H,7,13H2,1-3H3. The van der Waals surface area contributed by atoms with Crippen LogP contribution < -0.4 is 10.6 Å². The van der Waals surface area contributed by atoms with E-state index in [1.807, 2.05) is 31.9 Å². The number of halogens is 1. The maximum atomic E-state index is 13.6. The molecule has 0 spiro atoms. The van der Waals surface area contributed by atoms with Gasteiger partial charge in [-0.2, -0.15) is 0 Å². The zero-order valence-corrected chi connectivity index (χ0v) is 8.92. The number of nitrogens with zero attached hydrogens (tertiary/aromatic N) is 1. The summed E-state index contributed by atoms with van der Waals surface area (Å²) in [6.45, 7) is 4.41. The van der Waals surface area contributed by atoms with Gasteiger partial charge >= 0.3 is 0 Å². The molecule has 0 radical (unpaired) electrons. The van der Waals surface area contributed by atoms with Crippen molar-refractivity contribution >= 4 is 5.69 Å². The molecule has 0 aliphatic rings. The molecule has 1 rings (SSSR count). The summed E-state index contributed by atoms with van der Waals surface area (Å²) in [5.41, 5.74) is 7.03. The Balaban J connectivity index is 3.16. The minimum atomic E-state index is -0.204. The highest BCUT2D eigenvalue weighted by Gasteiger charge is 2.13. The van der Waals surface area contributed by atoms with Crippen molar-refractivity contribution in [3.05, 3.63) is 29.6 Å². The number of benzene rings is 1. The first kappa shape index (κ1) is 11.0. The SMILES string of the molecule is CC(C)N(C)c1c(F)cccc1CN. The molecule has 1 aromatic carbocycles. The summed E-state index contributed by atoms with van der Waals surface area (Å²) in [7, 11) is 1.88. The molecule has 0 amide bonds. The summed E-state index contributed by atoms with van der Waals surface area (Å²) in [5, 5.41) is 0. The molecule has 1 aromatic rings. The maximum absolute atomic E-state index is 13.6. The van der Waals surface area contributed by atoms with E-state index in [2.05, 4.69) is 0 Å². The van der Waals surface area contributed by atoms with Crippen molar-refractivity contribution in [1.82, 2.24) is 0 Å². The van der Waals surface area contributed by atoms with Crippen LogP contribution in [0.4, 0.5) is 10.1 Å². The lowest BCUT2D eigenvalue weighted by Crippen LogP contribution is -2.28. The molecule has 14 heavy (non-hydrogen) atoms. The van der Waals surface area contributed by atoms with Crippen molar-refractivity contribution < 1.29 is 4.39 Å². The third-order valence-electron chi connectivity index (χ3n) is 2.42. The number of hydrogen-bond donors (Lipinski definition) is 1. The molecule has 0 atom stereocenters. The Morgan fingerprint density at radius 1 is 1.43 bits per heavy atom. The molecule has 0 aliphatic heterocycles. The molecule has 0 unspecified atom stereocenters. The number of rotatable bonds is 3. The quantitative estimate of drug-likeness (QED) is 0.802. The van der Waals surface area contributed by atoms with Crippen molar-refractivity contribution in [1.29, 1.82) is 0 Å². The van der Waals surface area contributed by atoms with Gasteiger partial charge in [0.1, 0.15) is 5.82 Å². The Kier molecular flexibility index (Phi) is 3.47. The minimum absolute atomic E-state index is 0.204. The summed E-state index contributed by atoms with van der Waals surface area (Å²) in [4.78, 5) is 1.90. The minimum Gasteiger partial charge on any atom is -0.370 e. The van der Waals surface area contributed by atoms with Gasteiger partial charge in [0.25, 0.3) is 0 Å². The smallest absolute Gasteiger partial charge is 0.146 e. The predicted molar refractivity (Wildman–Crippen MR) is 57.8 cm³/mol. The van der Waals surface area contributed by atoms with Gasteiger partial charge in [-0.1, -0.05) is 12.1 Å². The topological polar surface area (TPSA) is 29.3 Å². The van der Waals surface area contributed by atoms with Gasteiger partial charge in [0.15, 0.2) is 0 Å². The van der Waals surface area contributed by atoms with E-state index in [4.69, 9.17) is 5.73 Å². The van der Waals surface area contributed by atoms with E-state index in [-0.39, 0.29) is 11.9 Å². The third-order valence-corrected chi connectivity index (χ3v) is 2.42. The Morgan fingerprint density at radius 3 is 2.57 bits per heavy atom. The second kappa shape index (κ2) is 4.42. The zero-order valence-electron chi connectivity index (χ0n) is 8.92. The molecule has 0 fully saturated rings. The van der Waals surface area contributed by atoms with E-state index in [1.54, 1.807) is 6.07 Å². The molecule has 2 nitrogen and oxygen atoms in total. The highest BCUT2D eigenvalue weighted by atomic mass is 19.1. The first-order chi connectivity index (χ1) is 6.57. The lowest BCUT2D eigenvalue weighted by Gasteiger charge is -2.26. The number of nitrogens with two attached hydrogens (primary N) is 1. The van der Waals surface area contributed by atoms with E-state index in [9.17, 15) is 4.39 Å². The largest absolute Gasteiger partial charge is 0.370 e. The molecule has 78 valence electrons. The molecule has 0 bridgehead atoms. The molecule has 3 heteroatoms. The van der Waals surface area contributed by atoms with Crippen LogP contribution in [0.3, 0.4) is 0 Å². The van der Waals surface area contributed by atoms with Crippen LogP contribution in [0.25, 0.3) is 0 Å². The molecule has 2 N–H and O–H groups in total. The van der Waals surface area contributed by atoms with Crippen molar-refractivity contribution in [2.24, 2.45) is 5.73 Å². The monoisotopic (exact) mass is 196 g/mol. The fraction of sp³-hybridized carbons (Fsp3) is 0.455. The van der Waals surface area contributed by atoms with Crippen LogP contribution in [0.1, 0.15) is 19.4 Å². The van der Waals surface area contributed by atoms with Crippen LogP contribution >= 0.6 is 0 Å². The fourth-order valence-corrected chi connectivity index (χ4v) is 1.38. The lowest BCUT2D eigenvalue weighted by molar-refractivity contribution is 0.610. The average Bonchev–Trinajstić information content (AvgIpc) is 2.16. The van der Waals surface area contributed by atoms with Crippen LogP contribution in [-0.2, 0) is 6.54 Å². The number of para-hydroxylation sites is 1. The Labute approximate surface area is 84.5 Å². The predicted octanol–water partition coefficient (Wildman–Crippen LogP) is 2.13. The molecule has 0 saturated heterocycles. The molecule has 0 saturated carbocycles. The van der Waals surface area contributed by atoms with E-state index in [0.29, 0.717) is 12.2 Å². The van der Waals surface area contributed by atoms with Crippen LogP contribution in [-0.4, -0.2) is 13.1 Å². The Hall–Kier alpha value is -1.09. The van der Waals surface area contributed by atoms with E-state index >= 15 is 0 Å². The van der Waals surface area contributed by atoms with Crippen molar-refractivity contribution in [2.45, 2.75) is 26.4 Å². The van der Waals surface area contributed by atoms with Crippen LogP contribution in [0.15, 0.2) is 18.2 Å². The highest BCUT2D eigenvalue weighted by Crippen LogP contribution is 2.24. The lowest BCUT2D eigenvalue weighted by atomic mass is 10.1. The van der Waals surface area contributed by atoms with E-state index in [0.717, 1.165) is 5.56 Å². The third kappa shape index (κ3) is 2.04. The number of anilines is 1. The Bertz CT molecular complexity index is 310. The van der Waals surface area contributed by atoms with E-state index < -0.39 is 0 Å². The van der Waals surface area contributed by atoms with Gasteiger partial charge in [0, 0.05) is 19.6 Å². The van der Waals surface area contributed by atoms with Crippen LogP contribution in [0.2, 0.25) is 0 Å². The summed E-state index contributed by atoms with van der Waals surface area (Å²) in [6.07, 6.45) is 0. The fourth-order valence-electron chi connectivity index (χ4n) is 1.38. The van der Waals surface area contributed by atoms with Crippen LogP contribution in [0, 0.1) is 5.82 Å². The van der Waals surface area contributed by atoms with Gasteiger partial charge < -0.3 is 10.6 Å². The van der Waals surface area contributed by atoms with Crippen molar-refractivity contribution in [3.63, 3.8) is 0 Å². The van der Waals surface area contributed by atoms with Crippen LogP contribution in [0.5, 0.6) is 0 Å². The second-order valence-electron chi connectivity index (χ2n) is 3.66. The number of hydrogen-bond acceptors (Lipinski definition) is 2. The maximum Gasteiger partial charge on any atom is 0.146 e. The van der Waals surface area contributed by atoms with Gasteiger partial charge in [-0.25, -0.2) is 4.39 Å². The molecule has 0 aliphatic carbocycles. The first-order valence-corrected chi connectivity index (χ1v) is 4.78. The Morgan fingerprint density at radius 2 is 2.07 bits per heavy atom. The van der Waals surface area contributed by atoms with E-state index in [1.165, 1.54) is 6.07 Å². The summed E-state index contributed by atoms with van der Waals surface area (Å²) in [6, 6.07) is 5.28. The summed E-state index contributed by atoms with van der Waals surface area (Å²) in [5.74, 6) is -0.204. The first-order valence-electron chi connectivity index (χ1n) is 4.78.